The van der Waals surface area contributed by atoms with Crippen molar-refractivity contribution in [1.82, 2.24) is 4.98 Å². The number of alkyl halides is 3. The van der Waals surface area contributed by atoms with Crippen LogP contribution in [-0.4, -0.2) is 30.4 Å². The number of aryl methyl sites for hydroxylation is 2. The van der Waals surface area contributed by atoms with E-state index in [0.717, 1.165) is 25.0 Å². The molecule has 17 heavy (non-hydrogen) atoms. The molecule has 1 heterocycles. The number of hydrogen-bond acceptors (Lipinski definition) is 2. The van der Waals surface area contributed by atoms with Crippen LogP contribution < -0.4 is 4.90 Å². The van der Waals surface area contributed by atoms with Crippen LogP contribution in [0, 0.1) is 0 Å². The second kappa shape index (κ2) is 5.63. The first-order valence-corrected chi connectivity index (χ1v) is 6.32. The van der Waals surface area contributed by atoms with Gasteiger partial charge in [-0.2, -0.15) is 0 Å². The van der Waals surface area contributed by atoms with E-state index in [1.165, 1.54) is 5.56 Å². The summed E-state index contributed by atoms with van der Waals surface area (Å²) in [5.41, 5.74) is 2.30. The minimum absolute atomic E-state index is 0.307. The Kier molecular flexibility index (Phi) is 4.15. The maximum absolute atomic E-state index is 12.5. The van der Waals surface area contributed by atoms with Crippen molar-refractivity contribution in [2.45, 2.75) is 25.7 Å². The SMILES string of the molecule is FC(F)CN(CCCl)c1ccc2c(n1)CCC2. The molecule has 0 aliphatic heterocycles. The first-order chi connectivity index (χ1) is 8.20. The normalized spacial score (nSPS) is 14.1. The van der Waals surface area contributed by atoms with Gasteiger partial charge in [-0.15, -0.1) is 11.6 Å². The second-order valence-electron chi connectivity index (χ2n) is 4.15. The molecule has 1 aromatic heterocycles. The summed E-state index contributed by atoms with van der Waals surface area (Å²) in [5.74, 6) is 0.942. The Labute approximate surface area is 105 Å². The molecule has 0 bridgehead atoms. The predicted octanol–water partition coefficient (Wildman–Crippen LogP) is 2.88. The number of aromatic nitrogens is 1. The number of rotatable bonds is 5. The lowest BCUT2D eigenvalue weighted by molar-refractivity contribution is 0.155. The molecule has 0 aromatic carbocycles. The number of nitrogens with zero attached hydrogens (tertiary/aromatic N) is 2. The monoisotopic (exact) mass is 260 g/mol. The van der Waals surface area contributed by atoms with Crippen molar-refractivity contribution in [2.75, 3.05) is 23.9 Å². The number of pyridine rings is 1. The first kappa shape index (κ1) is 12.6. The zero-order valence-corrected chi connectivity index (χ0v) is 10.3. The molecule has 1 aliphatic carbocycles. The van der Waals surface area contributed by atoms with E-state index in [1.54, 1.807) is 4.90 Å². The van der Waals surface area contributed by atoms with Gasteiger partial charge in [0.2, 0.25) is 0 Å². The van der Waals surface area contributed by atoms with Crippen LogP contribution in [0.5, 0.6) is 0 Å². The fourth-order valence-electron chi connectivity index (χ4n) is 2.15. The minimum atomic E-state index is -2.37. The van der Waals surface area contributed by atoms with Crippen LogP contribution in [0.25, 0.3) is 0 Å². The van der Waals surface area contributed by atoms with Crippen LogP contribution in [0.1, 0.15) is 17.7 Å². The molecule has 0 N–H and O–H groups in total. The van der Waals surface area contributed by atoms with Gasteiger partial charge >= 0.3 is 0 Å². The van der Waals surface area contributed by atoms with Gasteiger partial charge in [0, 0.05) is 18.1 Å². The van der Waals surface area contributed by atoms with Crippen molar-refractivity contribution < 1.29 is 8.78 Å². The smallest absolute Gasteiger partial charge is 0.255 e. The van der Waals surface area contributed by atoms with Crippen molar-refractivity contribution in [3.8, 4) is 0 Å². The Hall–Kier alpha value is -0.900. The predicted molar refractivity (Wildman–Crippen MR) is 65.2 cm³/mol. The topological polar surface area (TPSA) is 16.1 Å². The Balaban J connectivity index is 2.17. The lowest BCUT2D eigenvalue weighted by atomic mass is 10.2. The van der Waals surface area contributed by atoms with Crippen molar-refractivity contribution in [2.24, 2.45) is 0 Å². The molecule has 5 heteroatoms. The zero-order chi connectivity index (χ0) is 12.3. The average molecular weight is 261 g/mol. The molecule has 1 aliphatic rings. The van der Waals surface area contributed by atoms with Crippen molar-refractivity contribution >= 4 is 17.4 Å². The summed E-state index contributed by atoms with van der Waals surface area (Å²) >= 11 is 5.63. The van der Waals surface area contributed by atoms with Crippen LogP contribution in [0.15, 0.2) is 12.1 Å². The quantitative estimate of drug-likeness (QED) is 0.757. The molecule has 0 unspecified atom stereocenters. The van der Waals surface area contributed by atoms with Crippen LogP contribution in [0.3, 0.4) is 0 Å². The molecular weight excluding hydrogens is 246 g/mol. The summed E-state index contributed by atoms with van der Waals surface area (Å²) in [5, 5.41) is 0. The molecule has 0 amide bonds. The van der Waals surface area contributed by atoms with E-state index in [9.17, 15) is 8.78 Å². The third kappa shape index (κ3) is 3.06. The summed E-state index contributed by atoms with van der Waals surface area (Å²) in [6.07, 6.45) is 0.739. The van der Waals surface area contributed by atoms with Gasteiger partial charge in [0.15, 0.2) is 0 Å². The molecule has 1 aromatic rings. The number of anilines is 1. The molecule has 0 atom stereocenters. The highest BCUT2D eigenvalue weighted by Gasteiger charge is 2.17. The largest absolute Gasteiger partial charge is 0.350 e. The van der Waals surface area contributed by atoms with Crippen LogP contribution >= 0.6 is 11.6 Å². The number of fused-ring (bicyclic) bond motifs is 1. The van der Waals surface area contributed by atoms with E-state index in [1.807, 2.05) is 12.1 Å². The fraction of sp³-hybridized carbons (Fsp3) is 0.583. The van der Waals surface area contributed by atoms with Crippen molar-refractivity contribution in [3.63, 3.8) is 0 Å². The molecule has 2 nitrogen and oxygen atoms in total. The summed E-state index contributed by atoms with van der Waals surface area (Å²) in [6.45, 7) is 0.0934. The van der Waals surface area contributed by atoms with Gasteiger partial charge in [-0.3, -0.25) is 0 Å². The molecule has 2 rings (SSSR count). The van der Waals surface area contributed by atoms with Crippen molar-refractivity contribution in [3.05, 3.63) is 23.4 Å². The highest BCUT2D eigenvalue weighted by atomic mass is 35.5. The van der Waals surface area contributed by atoms with Gasteiger partial charge in [-0.1, -0.05) is 6.07 Å². The Morgan fingerprint density at radius 3 is 2.88 bits per heavy atom. The van der Waals surface area contributed by atoms with Gasteiger partial charge in [0.25, 0.3) is 6.43 Å². The van der Waals surface area contributed by atoms with E-state index in [0.29, 0.717) is 18.2 Å². The lowest BCUT2D eigenvalue weighted by Gasteiger charge is -2.22. The highest BCUT2D eigenvalue weighted by Crippen LogP contribution is 2.23. The highest BCUT2D eigenvalue weighted by molar-refractivity contribution is 6.18. The van der Waals surface area contributed by atoms with Gasteiger partial charge in [-0.05, 0) is 30.9 Å². The Bertz CT molecular complexity index is 385. The molecule has 0 saturated heterocycles. The Morgan fingerprint density at radius 2 is 2.18 bits per heavy atom. The first-order valence-electron chi connectivity index (χ1n) is 5.78. The average Bonchev–Trinajstić information content (AvgIpc) is 2.74. The van der Waals surface area contributed by atoms with Crippen molar-refractivity contribution in [1.29, 1.82) is 0 Å². The second-order valence-corrected chi connectivity index (χ2v) is 4.53. The number of hydrogen-bond donors (Lipinski definition) is 0. The minimum Gasteiger partial charge on any atom is -0.350 e. The zero-order valence-electron chi connectivity index (χ0n) is 9.50. The number of halogens is 3. The van der Waals surface area contributed by atoms with E-state index in [-0.39, 0.29) is 6.54 Å². The van der Waals surface area contributed by atoms with Crippen LogP contribution in [-0.2, 0) is 12.8 Å². The summed E-state index contributed by atoms with van der Waals surface area (Å²) in [6, 6.07) is 3.82. The molecule has 0 saturated carbocycles. The van der Waals surface area contributed by atoms with Gasteiger partial charge in [0.05, 0.1) is 6.54 Å². The standard InChI is InChI=1S/C12H15ClF2N2/c13-6-7-17(8-11(14)15)12-5-4-9-2-1-3-10(9)16-12/h4-5,11H,1-3,6-8H2. The van der Waals surface area contributed by atoms with E-state index in [2.05, 4.69) is 4.98 Å². The molecule has 0 fully saturated rings. The van der Waals surface area contributed by atoms with E-state index in [4.69, 9.17) is 11.6 Å². The summed E-state index contributed by atoms with van der Waals surface area (Å²) in [4.78, 5) is 6.01. The van der Waals surface area contributed by atoms with Crippen LogP contribution in [0.4, 0.5) is 14.6 Å². The fourth-order valence-corrected chi connectivity index (χ4v) is 2.36. The van der Waals surface area contributed by atoms with E-state index >= 15 is 0 Å². The maximum atomic E-state index is 12.5. The summed E-state index contributed by atoms with van der Waals surface area (Å²) < 4.78 is 24.9. The molecule has 94 valence electrons. The molecule has 0 spiro atoms. The molecule has 0 radical (unpaired) electrons. The third-order valence-electron chi connectivity index (χ3n) is 2.95. The third-order valence-corrected chi connectivity index (χ3v) is 3.12. The van der Waals surface area contributed by atoms with Gasteiger partial charge in [-0.25, -0.2) is 13.8 Å². The maximum Gasteiger partial charge on any atom is 0.255 e. The Morgan fingerprint density at radius 1 is 1.35 bits per heavy atom. The van der Waals surface area contributed by atoms with Crippen LogP contribution in [0.2, 0.25) is 0 Å². The summed E-state index contributed by atoms with van der Waals surface area (Å²) in [7, 11) is 0. The molecular formula is C12H15ClF2N2. The van der Waals surface area contributed by atoms with Gasteiger partial charge < -0.3 is 4.90 Å². The van der Waals surface area contributed by atoms with Gasteiger partial charge in [0.1, 0.15) is 5.82 Å². The lowest BCUT2D eigenvalue weighted by Crippen LogP contribution is -2.31. The van der Waals surface area contributed by atoms with E-state index < -0.39 is 6.43 Å².